The summed E-state index contributed by atoms with van der Waals surface area (Å²) >= 11 is 12.0. The third kappa shape index (κ3) is 3.37. The quantitative estimate of drug-likeness (QED) is 0.909. The van der Waals surface area contributed by atoms with Gasteiger partial charge < -0.3 is 5.11 Å². The highest BCUT2D eigenvalue weighted by Crippen LogP contribution is 2.35. The summed E-state index contributed by atoms with van der Waals surface area (Å²) < 4.78 is 27.1. The molecule has 7 heteroatoms. The number of aliphatic hydroxyl groups excluding tert-OH is 1. The lowest BCUT2D eigenvalue weighted by Crippen LogP contribution is -2.50. The highest BCUT2D eigenvalue weighted by atomic mass is 35.5. The molecule has 1 heterocycles. The van der Waals surface area contributed by atoms with E-state index in [4.69, 9.17) is 23.2 Å². The molecule has 0 aromatic heterocycles. The SMILES string of the molecule is CC1CCN(S(=O)(=O)c2cccc(Cl)c2Cl)C(C(C)O)C1. The van der Waals surface area contributed by atoms with Crippen LogP contribution in [0.2, 0.25) is 10.0 Å². The van der Waals surface area contributed by atoms with Crippen LogP contribution >= 0.6 is 23.2 Å². The Morgan fingerprint density at radius 3 is 2.67 bits per heavy atom. The van der Waals surface area contributed by atoms with Crippen LogP contribution in [0.5, 0.6) is 0 Å². The van der Waals surface area contributed by atoms with E-state index >= 15 is 0 Å². The van der Waals surface area contributed by atoms with E-state index in [2.05, 4.69) is 6.92 Å². The summed E-state index contributed by atoms with van der Waals surface area (Å²) in [7, 11) is -3.78. The molecule has 21 heavy (non-hydrogen) atoms. The molecule has 118 valence electrons. The molecular weight excluding hydrogens is 333 g/mol. The van der Waals surface area contributed by atoms with Crippen molar-refractivity contribution in [2.45, 2.75) is 43.7 Å². The summed E-state index contributed by atoms with van der Waals surface area (Å²) in [5.41, 5.74) is 0. The van der Waals surface area contributed by atoms with E-state index in [0.29, 0.717) is 18.9 Å². The van der Waals surface area contributed by atoms with Gasteiger partial charge in [0.1, 0.15) is 4.90 Å². The lowest BCUT2D eigenvalue weighted by Gasteiger charge is -2.39. The van der Waals surface area contributed by atoms with Gasteiger partial charge in [0, 0.05) is 6.54 Å². The molecule has 1 fully saturated rings. The highest BCUT2D eigenvalue weighted by Gasteiger charge is 2.38. The molecule has 0 saturated carbocycles. The summed E-state index contributed by atoms with van der Waals surface area (Å²) in [6.07, 6.45) is 0.663. The van der Waals surface area contributed by atoms with Crippen molar-refractivity contribution >= 4 is 33.2 Å². The fourth-order valence-corrected chi connectivity index (χ4v) is 5.16. The van der Waals surface area contributed by atoms with Gasteiger partial charge in [0.15, 0.2) is 0 Å². The number of hydrogen-bond acceptors (Lipinski definition) is 3. The average molecular weight is 352 g/mol. The third-order valence-corrected chi connectivity index (χ3v) is 6.81. The number of nitrogens with zero attached hydrogens (tertiary/aromatic N) is 1. The van der Waals surface area contributed by atoms with Crippen molar-refractivity contribution in [1.82, 2.24) is 4.31 Å². The van der Waals surface area contributed by atoms with Gasteiger partial charge in [0.05, 0.1) is 22.2 Å². The predicted molar refractivity (Wildman–Crippen MR) is 84.2 cm³/mol. The molecule has 0 bridgehead atoms. The number of benzene rings is 1. The maximum Gasteiger partial charge on any atom is 0.244 e. The fraction of sp³-hybridized carbons (Fsp3) is 0.571. The first-order chi connectivity index (χ1) is 9.75. The van der Waals surface area contributed by atoms with Crippen molar-refractivity contribution in [2.75, 3.05) is 6.54 Å². The van der Waals surface area contributed by atoms with Gasteiger partial charge in [-0.1, -0.05) is 36.2 Å². The lowest BCUT2D eigenvalue weighted by atomic mass is 9.92. The van der Waals surface area contributed by atoms with Gasteiger partial charge in [-0.2, -0.15) is 4.31 Å². The maximum absolute atomic E-state index is 12.9. The van der Waals surface area contributed by atoms with E-state index in [-0.39, 0.29) is 14.9 Å². The normalized spacial score (nSPS) is 25.8. The molecule has 2 rings (SSSR count). The topological polar surface area (TPSA) is 57.6 Å². The second-order valence-corrected chi connectivity index (χ2v) is 8.25. The molecule has 4 nitrogen and oxygen atoms in total. The largest absolute Gasteiger partial charge is 0.392 e. The zero-order valence-electron chi connectivity index (χ0n) is 12.0. The smallest absolute Gasteiger partial charge is 0.244 e. The Kier molecular flexibility index (Phi) is 5.21. The van der Waals surface area contributed by atoms with Crippen molar-refractivity contribution in [3.8, 4) is 0 Å². The summed E-state index contributed by atoms with van der Waals surface area (Å²) in [6, 6.07) is 4.12. The van der Waals surface area contributed by atoms with Crippen LogP contribution < -0.4 is 0 Å². The standard InChI is InChI=1S/C14H19Cl2NO3S/c1-9-6-7-17(12(8-9)10(2)18)21(19,20)13-5-3-4-11(15)14(13)16/h3-5,9-10,12,18H,6-8H2,1-2H3. The molecule has 1 aromatic rings. The molecule has 1 N–H and O–H groups in total. The lowest BCUT2D eigenvalue weighted by molar-refractivity contribution is 0.0676. The molecule has 3 atom stereocenters. The van der Waals surface area contributed by atoms with Crippen LogP contribution in [0, 0.1) is 5.92 Å². The zero-order valence-corrected chi connectivity index (χ0v) is 14.3. The van der Waals surface area contributed by atoms with Gasteiger partial charge in [0.2, 0.25) is 10.0 Å². The van der Waals surface area contributed by atoms with Crippen LogP contribution in [0.25, 0.3) is 0 Å². The zero-order chi connectivity index (χ0) is 15.8. The Bertz CT molecular complexity index is 619. The number of hydrogen-bond donors (Lipinski definition) is 1. The van der Waals surface area contributed by atoms with E-state index in [1.165, 1.54) is 10.4 Å². The van der Waals surface area contributed by atoms with Crippen LogP contribution in [-0.2, 0) is 10.0 Å². The Balaban J connectivity index is 2.44. The molecule has 3 unspecified atom stereocenters. The monoisotopic (exact) mass is 351 g/mol. The molecule has 0 amide bonds. The Hall–Kier alpha value is -0.330. The Morgan fingerprint density at radius 2 is 2.05 bits per heavy atom. The van der Waals surface area contributed by atoms with Crippen molar-refractivity contribution in [3.05, 3.63) is 28.2 Å². The molecule has 1 aliphatic rings. The number of halogens is 2. The minimum absolute atomic E-state index is 0.00290. The van der Waals surface area contributed by atoms with Crippen molar-refractivity contribution in [3.63, 3.8) is 0 Å². The summed E-state index contributed by atoms with van der Waals surface area (Å²) in [4.78, 5) is -0.00290. The summed E-state index contributed by atoms with van der Waals surface area (Å²) in [5, 5.41) is 10.2. The van der Waals surface area contributed by atoms with Crippen LogP contribution in [0.4, 0.5) is 0 Å². The van der Waals surface area contributed by atoms with Crippen molar-refractivity contribution in [1.29, 1.82) is 0 Å². The molecule has 1 aliphatic heterocycles. The van der Waals surface area contributed by atoms with E-state index in [1.807, 2.05) is 0 Å². The number of piperidine rings is 1. The summed E-state index contributed by atoms with van der Waals surface area (Å²) in [6.45, 7) is 4.05. The van der Waals surface area contributed by atoms with Crippen LogP contribution in [0.3, 0.4) is 0 Å². The molecule has 0 spiro atoms. The van der Waals surface area contributed by atoms with Gasteiger partial charge in [-0.3, -0.25) is 0 Å². The average Bonchev–Trinajstić information content (AvgIpc) is 2.41. The minimum atomic E-state index is -3.78. The van der Waals surface area contributed by atoms with Gasteiger partial charge in [-0.25, -0.2) is 8.42 Å². The molecule has 1 saturated heterocycles. The van der Waals surface area contributed by atoms with E-state index in [1.54, 1.807) is 19.1 Å². The van der Waals surface area contributed by atoms with E-state index < -0.39 is 22.2 Å². The van der Waals surface area contributed by atoms with Gasteiger partial charge in [-0.05, 0) is 37.8 Å². The maximum atomic E-state index is 12.9. The number of sulfonamides is 1. The molecule has 0 radical (unpaired) electrons. The first-order valence-electron chi connectivity index (χ1n) is 6.89. The number of aliphatic hydroxyl groups is 1. The van der Waals surface area contributed by atoms with Gasteiger partial charge in [0.25, 0.3) is 0 Å². The first kappa shape index (κ1) is 17.0. The van der Waals surface area contributed by atoms with Crippen LogP contribution in [0.15, 0.2) is 23.1 Å². The molecule has 0 aliphatic carbocycles. The van der Waals surface area contributed by atoms with Gasteiger partial charge >= 0.3 is 0 Å². The first-order valence-corrected chi connectivity index (χ1v) is 9.08. The Morgan fingerprint density at radius 1 is 1.38 bits per heavy atom. The van der Waals surface area contributed by atoms with Crippen LogP contribution in [0.1, 0.15) is 26.7 Å². The Labute approximate surface area is 135 Å². The summed E-state index contributed by atoms with van der Waals surface area (Å²) in [5.74, 6) is 0.380. The molecule has 1 aromatic carbocycles. The minimum Gasteiger partial charge on any atom is -0.392 e. The predicted octanol–water partition coefficient (Wildman–Crippen LogP) is 3.16. The number of rotatable bonds is 3. The van der Waals surface area contributed by atoms with E-state index in [9.17, 15) is 13.5 Å². The second-order valence-electron chi connectivity index (χ2n) is 5.61. The fourth-order valence-electron chi connectivity index (χ4n) is 2.71. The van der Waals surface area contributed by atoms with E-state index in [0.717, 1.165) is 6.42 Å². The van der Waals surface area contributed by atoms with Crippen molar-refractivity contribution in [2.24, 2.45) is 5.92 Å². The highest BCUT2D eigenvalue weighted by molar-refractivity contribution is 7.89. The third-order valence-electron chi connectivity index (χ3n) is 3.92. The van der Waals surface area contributed by atoms with Crippen molar-refractivity contribution < 1.29 is 13.5 Å². The second kappa shape index (κ2) is 6.42. The van der Waals surface area contributed by atoms with Gasteiger partial charge in [-0.15, -0.1) is 0 Å². The van der Waals surface area contributed by atoms with Crippen LogP contribution in [-0.4, -0.2) is 36.5 Å². The molecular formula is C14H19Cl2NO3S.